The van der Waals surface area contributed by atoms with Crippen LogP contribution >= 0.6 is 38.5 Å². The van der Waals surface area contributed by atoms with Gasteiger partial charge in [0.1, 0.15) is 0 Å². The Bertz CT molecular complexity index is 335. The molecule has 1 aromatic heterocycles. The Kier molecular flexibility index (Phi) is 4.49. The van der Waals surface area contributed by atoms with E-state index in [-0.39, 0.29) is 11.4 Å². The van der Waals surface area contributed by atoms with Crippen molar-refractivity contribution in [1.82, 2.24) is 4.98 Å². The van der Waals surface area contributed by atoms with E-state index in [4.69, 9.17) is 4.74 Å². The van der Waals surface area contributed by atoms with Gasteiger partial charge in [0.05, 0.1) is 18.4 Å². The Labute approximate surface area is 102 Å². The van der Waals surface area contributed by atoms with Crippen molar-refractivity contribution in [2.75, 3.05) is 7.11 Å². The van der Waals surface area contributed by atoms with Crippen LogP contribution in [0.15, 0.2) is 6.07 Å². The molecule has 1 rings (SSSR count). The highest BCUT2D eigenvalue weighted by atomic mass is 127. The van der Waals surface area contributed by atoms with Crippen molar-refractivity contribution in [1.29, 1.82) is 0 Å². The lowest BCUT2D eigenvalue weighted by molar-refractivity contribution is 0.145. The highest BCUT2D eigenvalue weighted by Gasteiger charge is 2.19. The first-order valence-electron chi connectivity index (χ1n) is 3.67. The fourth-order valence-corrected chi connectivity index (χ4v) is 2.08. The summed E-state index contributed by atoms with van der Waals surface area (Å²) in [5, 5.41) is 0.517. The molecule has 0 fully saturated rings. The molecule has 0 aliphatic rings. The summed E-state index contributed by atoms with van der Waals surface area (Å²) in [6.07, 6.45) is -2.56. The number of ether oxygens (including phenoxy) is 1. The molecule has 14 heavy (non-hydrogen) atoms. The van der Waals surface area contributed by atoms with Crippen LogP contribution < -0.4 is 4.74 Å². The van der Waals surface area contributed by atoms with Crippen LogP contribution in [0.2, 0.25) is 0 Å². The third-order valence-electron chi connectivity index (χ3n) is 1.57. The van der Waals surface area contributed by atoms with Gasteiger partial charge < -0.3 is 4.74 Å². The summed E-state index contributed by atoms with van der Waals surface area (Å²) in [7, 11) is 1.34. The number of aromatic nitrogens is 1. The maximum absolute atomic E-state index is 12.6. The van der Waals surface area contributed by atoms with E-state index in [0.29, 0.717) is 14.6 Å². The molecule has 0 amide bonds. The van der Waals surface area contributed by atoms with Crippen molar-refractivity contribution in [3.63, 3.8) is 0 Å². The quantitative estimate of drug-likeness (QED) is 0.594. The summed E-state index contributed by atoms with van der Waals surface area (Å²) in [5.41, 5.74) is 0.536. The zero-order chi connectivity index (χ0) is 10.7. The Morgan fingerprint density at radius 2 is 2.29 bits per heavy atom. The molecule has 2 nitrogen and oxygen atoms in total. The summed E-state index contributed by atoms with van der Waals surface area (Å²) in [6.45, 7) is 0. The van der Waals surface area contributed by atoms with Crippen molar-refractivity contribution >= 4 is 38.5 Å². The van der Waals surface area contributed by atoms with E-state index in [1.165, 1.54) is 7.11 Å². The fraction of sp³-hybridized carbons (Fsp3) is 0.375. The Balaban J connectivity index is 3.27. The van der Waals surface area contributed by atoms with Crippen LogP contribution in [0.5, 0.6) is 5.88 Å². The maximum atomic E-state index is 12.6. The molecule has 0 aliphatic carbocycles. The highest BCUT2D eigenvalue weighted by molar-refractivity contribution is 14.1. The highest BCUT2D eigenvalue weighted by Crippen LogP contribution is 2.32. The van der Waals surface area contributed by atoms with Crippen LogP contribution in [0.3, 0.4) is 0 Å². The molecular formula is C8H7BrF2INO. The number of pyridine rings is 1. The van der Waals surface area contributed by atoms with Crippen molar-refractivity contribution in [3.05, 3.63) is 20.9 Å². The number of hydrogen-bond acceptors (Lipinski definition) is 2. The molecule has 0 spiro atoms. The lowest BCUT2D eigenvalue weighted by Crippen LogP contribution is -2.01. The van der Waals surface area contributed by atoms with Gasteiger partial charge in [0.25, 0.3) is 6.43 Å². The molecule has 0 unspecified atom stereocenters. The standard InChI is InChI=1S/C8H7BrF2INO/c1-14-8-6(7(10)11)5(12)2-4(3-9)13-8/h2,7H,3H2,1H3. The van der Waals surface area contributed by atoms with Crippen LogP contribution in [-0.4, -0.2) is 12.1 Å². The minimum atomic E-state index is -2.56. The van der Waals surface area contributed by atoms with Gasteiger partial charge in [-0.3, -0.25) is 0 Å². The van der Waals surface area contributed by atoms with Crippen LogP contribution in [-0.2, 0) is 5.33 Å². The van der Waals surface area contributed by atoms with E-state index in [9.17, 15) is 8.78 Å². The molecule has 0 N–H and O–H groups in total. The predicted octanol–water partition coefficient (Wildman–Crippen LogP) is 3.53. The van der Waals surface area contributed by atoms with Crippen LogP contribution in [0.4, 0.5) is 8.78 Å². The third-order valence-corrected chi connectivity index (χ3v) is 3.04. The number of hydrogen-bond donors (Lipinski definition) is 0. The first kappa shape index (κ1) is 12.1. The predicted molar refractivity (Wildman–Crippen MR) is 61.1 cm³/mol. The lowest BCUT2D eigenvalue weighted by Gasteiger charge is -2.10. The van der Waals surface area contributed by atoms with Crippen molar-refractivity contribution in [2.24, 2.45) is 0 Å². The van der Waals surface area contributed by atoms with Gasteiger partial charge >= 0.3 is 0 Å². The average molecular weight is 378 g/mol. The molecule has 0 aromatic carbocycles. The molecule has 6 heteroatoms. The zero-order valence-corrected chi connectivity index (χ0v) is 11.0. The maximum Gasteiger partial charge on any atom is 0.270 e. The summed E-state index contributed by atoms with van der Waals surface area (Å²) in [6, 6.07) is 1.61. The number of methoxy groups -OCH3 is 1. The second kappa shape index (κ2) is 5.20. The lowest BCUT2D eigenvalue weighted by atomic mass is 10.2. The molecule has 1 heterocycles. The van der Waals surface area contributed by atoms with E-state index >= 15 is 0 Å². The number of rotatable bonds is 3. The topological polar surface area (TPSA) is 22.1 Å². The van der Waals surface area contributed by atoms with E-state index in [1.54, 1.807) is 6.07 Å². The van der Waals surface area contributed by atoms with Gasteiger partial charge in [-0.15, -0.1) is 0 Å². The van der Waals surface area contributed by atoms with Gasteiger partial charge in [0, 0.05) is 8.90 Å². The molecule has 0 saturated heterocycles. The van der Waals surface area contributed by atoms with E-state index in [1.807, 2.05) is 22.6 Å². The zero-order valence-electron chi connectivity index (χ0n) is 7.23. The molecule has 1 aromatic rings. The van der Waals surface area contributed by atoms with E-state index in [0.717, 1.165) is 0 Å². The summed E-state index contributed by atoms with van der Waals surface area (Å²) >= 11 is 5.06. The van der Waals surface area contributed by atoms with Gasteiger partial charge in [-0.1, -0.05) is 15.9 Å². The van der Waals surface area contributed by atoms with E-state index in [2.05, 4.69) is 20.9 Å². The second-order valence-corrected chi connectivity index (χ2v) is 4.18. The molecule has 0 bridgehead atoms. The number of halogens is 4. The van der Waals surface area contributed by atoms with Crippen LogP contribution in [0, 0.1) is 3.57 Å². The first-order chi connectivity index (χ1) is 6.60. The molecule has 0 atom stereocenters. The average Bonchev–Trinajstić information content (AvgIpc) is 2.15. The van der Waals surface area contributed by atoms with Gasteiger partial charge in [-0.2, -0.15) is 0 Å². The molecule has 0 aliphatic heterocycles. The van der Waals surface area contributed by atoms with Crippen LogP contribution in [0.25, 0.3) is 0 Å². The summed E-state index contributed by atoms with van der Waals surface area (Å²) in [5.74, 6) is 0.00125. The smallest absolute Gasteiger partial charge is 0.270 e. The SMILES string of the molecule is COc1nc(CBr)cc(I)c1C(F)F. The first-order valence-corrected chi connectivity index (χ1v) is 5.87. The molecule has 78 valence electrons. The van der Waals surface area contributed by atoms with Crippen molar-refractivity contribution in [3.8, 4) is 5.88 Å². The van der Waals surface area contributed by atoms with Crippen molar-refractivity contribution in [2.45, 2.75) is 11.8 Å². The van der Waals surface area contributed by atoms with Gasteiger partial charge in [-0.25, -0.2) is 13.8 Å². The minimum Gasteiger partial charge on any atom is -0.481 e. The number of alkyl halides is 3. The number of nitrogens with zero attached hydrogens (tertiary/aromatic N) is 1. The van der Waals surface area contributed by atoms with Gasteiger partial charge in [-0.05, 0) is 28.7 Å². The van der Waals surface area contributed by atoms with Crippen LogP contribution in [0.1, 0.15) is 17.7 Å². The van der Waals surface area contributed by atoms with Crippen molar-refractivity contribution < 1.29 is 13.5 Å². The largest absolute Gasteiger partial charge is 0.481 e. The normalized spacial score (nSPS) is 10.7. The van der Waals surface area contributed by atoms with E-state index < -0.39 is 6.43 Å². The Hall–Kier alpha value is 0.0200. The Morgan fingerprint density at radius 3 is 2.71 bits per heavy atom. The monoisotopic (exact) mass is 377 g/mol. The minimum absolute atomic E-state index is 0.00125. The van der Waals surface area contributed by atoms with Gasteiger partial charge in [0.2, 0.25) is 5.88 Å². The summed E-state index contributed by atoms with van der Waals surface area (Å²) in [4.78, 5) is 3.94. The fourth-order valence-electron chi connectivity index (χ4n) is 0.971. The van der Waals surface area contributed by atoms with Gasteiger partial charge in [0.15, 0.2) is 0 Å². The molecule has 0 radical (unpaired) electrons. The third kappa shape index (κ3) is 2.53. The molecule has 0 saturated carbocycles. The second-order valence-electron chi connectivity index (χ2n) is 2.45. The molecular weight excluding hydrogens is 371 g/mol. The summed E-state index contributed by atoms with van der Waals surface area (Å²) < 4.78 is 30.4. The Morgan fingerprint density at radius 1 is 1.64 bits per heavy atom.